The number of hydrogen-bond donors (Lipinski definition) is 2. The molecule has 5 rings (SSSR count). The number of aromatic nitrogens is 1. The maximum Gasteiger partial charge on any atom is 0.134 e. The summed E-state index contributed by atoms with van der Waals surface area (Å²) in [5, 5.41) is 6.12. The highest BCUT2D eigenvalue weighted by Crippen LogP contribution is 2.49. The Balaban J connectivity index is 1.48. The third kappa shape index (κ3) is 3.16. The van der Waals surface area contributed by atoms with E-state index in [9.17, 15) is 0 Å². The molecule has 0 unspecified atom stereocenters. The molecule has 1 fully saturated rings. The maximum absolute atomic E-state index is 5.86. The molecule has 2 aromatic carbocycles. The molecule has 0 spiro atoms. The largest absolute Gasteiger partial charge is 0.497 e. The molecule has 1 saturated carbocycles. The number of nitrogens with two attached hydrogens (primary N) is 1. The van der Waals surface area contributed by atoms with E-state index in [0.717, 1.165) is 47.4 Å². The summed E-state index contributed by atoms with van der Waals surface area (Å²) in [5.74, 6) is 1.67. The minimum Gasteiger partial charge on any atom is -0.497 e. The number of fused-ring (bicyclic) bond motifs is 2. The van der Waals surface area contributed by atoms with Crippen molar-refractivity contribution < 1.29 is 9.15 Å². The molecule has 2 heterocycles. The number of aryl methyl sites for hydroxylation is 1. The molecular formula is C24H25N3O2. The van der Waals surface area contributed by atoms with Gasteiger partial charge in [0.2, 0.25) is 0 Å². The summed E-state index contributed by atoms with van der Waals surface area (Å²) in [4.78, 5) is 4.54. The van der Waals surface area contributed by atoms with Crippen LogP contribution in [0.3, 0.4) is 0 Å². The quantitative estimate of drug-likeness (QED) is 0.508. The van der Waals surface area contributed by atoms with Gasteiger partial charge in [0.15, 0.2) is 0 Å². The van der Waals surface area contributed by atoms with Crippen LogP contribution in [0.25, 0.3) is 21.9 Å². The summed E-state index contributed by atoms with van der Waals surface area (Å²) in [6, 6.07) is 14.6. The van der Waals surface area contributed by atoms with Crippen molar-refractivity contribution in [2.24, 2.45) is 5.73 Å². The van der Waals surface area contributed by atoms with E-state index in [1.165, 1.54) is 22.1 Å². The Morgan fingerprint density at radius 2 is 2.07 bits per heavy atom. The fraction of sp³-hybridized carbons (Fsp3) is 0.292. The van der Waals surface area contributed by atoms with Crippen LogP contribution in [-0.4, -0.2) is 12.1 Å². The van der Waals surface area contributed by atoms with Gasteiger partial charge in [-0.25, -0.2) is 0 Å². The van der Waals surface area contributed by atoms with Crippen LogP contribution in [-0.2, 0) is 18.6 Å². The van der Waals surface area contributed by atoms with Crippen molar-refractivity contribution in [1.82, 2.24) is 10.3 Å². The van der Waals surface area contributed by atoms with Gasteiger partial charge in [0, 0.05) is 35.1 Å². The van der Waals surface area contributed by atoms with Crippen LogP contribution in [0, 0.1) is 6.92 Å². The normalized spacial score (nSPS) is 15.1. The molecule has 5 heteroatoms. The Bertz CT molecular complexity index is 1210. The molecule has 0 bridgehead atoms. The maximum atomic E-state index is 5.86. The summed E-state index contributed by atoms with van der Waals surface area (Å²) in [6.07, 6.45) is 4.03. The van der Waals surface area contributed by atoms with Gasteiger partial charge in [-0.3, -0.25) is 4.98 Å². The van der Waals surface area contributed by atoms with E-state index < -0.39 is 0 Å². The molecule has 1 aliphatic carbocycles. The van der Waals surface area contributed by atoms with Crippen molar-refractivity contribution in [3.05, 3.63) is 71.1 Å². The number of methoxy groups -OCH3 is 1. The third-order valence-electron chi connectivity index (χ3n) is 6.04. The molecule has 0 aliphatic heterocycles. The van der Waals surface area contributed by atoms with E-state index in [1.54, 1.807) is 7.11 Å². The van der Waals surface area contributed by atoms with E-state index in [4.69, 9.17) is 14.9 Å². The van der Waals surface area contributed by atoms with Crippen molar-refractivity contribution in [1.29, 1.82) is 0 Å². The number of rotatable bonds is 6. The first-order valence-electron chi connectivity index (χ1n) is 10.0. The number of nitrogens with zero attached hydrogens (tertiary/aromatic N) is 1. The van der Waals surface area contributed by atoms with Gasteiger partial charge in [-0.2, -0.15) is 0 Å². The van der Waals surface area contributed by atoms with Crippen molar-refractivity contribution in [2.75, 3.05) is 7.11 Å². The summed E-state index contributed by atoms with van der Waals surface area (Å²) in [7, 11) is 1.71. The zero-order chi connectivity index (χ0) is 20.0. The van der Waals surface area contributed by atoms with Crippen LogP contribution < -0.4 is 15.8 Å². The topological polar surface area (TPSA) is 73.3 Å². The number of nitrogens with one attached hydrogen (secondary N) is 1. The molecule has 148 valence electrons. The third-order valence-corrected chi connectivity index (χ3v) is 6.04. The standard InChI is InChI=1S/C24H25N3O2/c1-15-8-16-9-19(13-25)29-23(16)10-17(15)14-27-24(5-6-24)21-11-18(28-2)12-22-20(21)4-3-7-26-22/h3-4,7-12,27H,5-6,13-14,25H2,1-2H3. The van der Waals surface area contributed by atoms with Crippen molar-refractivity contribution in [3.8, 4) is 5.75 Å². The van der Waals surface area contributed by atoms with Crippen LogP contribution in [0.5, 0.6) is 5.75 Å². The smallest absolute Gasteiger partial charge is 0.134 e. The Morgan fingerprint density at radius 3 is 2.83 bits per heavy atom. The van der Waals surface area contributed by atoms with E-state index in [-0.39, 0.29) is 5.54 Å². The molecule has 0 atom stereocenters. The van der Waals surface area contributed by atoms with Crippen LogP contribution in [0.2, 0.25) is 0 Å². The Hall–Kier alpha value is -2.89. The van der Waals surface area contributed by atoms with Gasteiger partial charge in [-0.1, -0.05) is 6.07 Å². The van der Waals surface area contributed by atoms with Gasteiger partial charge < -0.3 is 20.2 Å². The highest BCUT2D eigenvalue weighted by molar-refractivity contribution is 5.85. The van der Waals surface area contributed by atoms with Crippen molar-refractivity contribution in [2.45, 2.75) is 38.4 Å². The molecule has 3 N–H and O–H groups in total. The Labute approximate surface area is 169 Å². The predicted molar refractivity (Wildman–Crippen MR) is 115 cm³/mol. The summed E-state index contributed by atoms with van der Waals surface area (Å²) in [6.45, 7) is 3.34. The second-order valence-electron chi connectivity index (χ2n) is 7.91. The fourth-order valence-corrected chi connectivity index (χ4v) is 4.19. The minimum absolute atomic E-state index is 0.0389. The lowest BCUT2D eigenvalue weighted by Crippen LogP contribution is -2.29. The number of ether oxygens (including phenoxy) is 1. The average molecular weight is 387 g/mol. The minimum atomic E-state index is -0.0389. The highest BCUT2D eigenvalue weighted by atomic mass is 16.5. The molecule has 4 aromatic rings. The summed E-state index contributed by atoms with van der Waals surface area (Å²) >= 11 is 0. The average Bonchev–Trinajstić information content (AvgIpc) is 3.43. The molecule has 1 aliphatic rings. The van der Waals surface area contributed by atoms with E-state index in [1.807, 2.05) is 24.4 Å². The SMILES string of the molecule is COc1cc(C2(NCc3cc4oc(CN)cc4cc3C)CC2)c2cccnc2c1. The van der Waals surface area contributed by atoms with E-state index in [0.29, 0.717) is 6.54 Å². The lowest BCUT2D eigenvalue weighted by atomic mass is 9.97. The number of pyridine rings is 1. The van der Waals surface area contributed by atoms with Gasteiger partial charge in [0.05, 0.1) is 19.2 Å². The molecule has 0 saturated heterocycles. The molecule has 0 amide bonds. The predicted octanol–water partition coefficient (Wildman–Crippen LogP) is 4.54. The van der Waals surface area contributed by atoms with Gasteiger partial charge in [-0.05, 0) is 66.8 Å². The van der Waals surface area contributed by atoms with Crippen LogP contribution in [0.1, 0.15) is 35.3 Å². The van der Waals surface area contributed by atoms with Gasteiger partial charge >= 0.3 is 0 Å². The first kappa shape index (κ1) is 18.2. The Morgan fingerprint density at radius 1 is 1.21 bits per heavy atom. The second kappa shape index (κ2) is 6.87. The zero-order valence-electron chi connectivity index (χ0n) is 16.8. The van der Waals surface area contributed by atoms with Gasteiger partial charge in [0.25, 0.3) is 0 Å². The van der Waals surface area contributed by atoms with Crippen molar-refractivity contribution >= 4 is 21.9 Å². The van der Waals surface area contributed by atoms with Gasteiger partial charge in [-0.15, -0.1) is 0 Å². The first-order chi connectivity index (χ1) is 14.1. The van der Waals surface area contributed by atoms with E-state index >= 15 is 0 Å². The van der Waals surface area contributed by atoms with E-state index in [2.05, 4.69) is 41.5 Å². The molecule has 29 heavy (non-hydrogen) atoms. The fourth-order valence-electron chi connectivity index (χ4n) is 4.19. The number of hydrogen-bond acceptors (Lipinski definition) is 5. The summed E-state index contributed by atoms with van der Waals surface area (Å²) < 4.78 is 11.4. The van der Waals surface area contributed by atoms with Crippen LogP contribution >= 0.6 is 0 Å². The van der Waals surface area contributed by atoms with Crippen molar-refractivity contribution in [3.63, 3.8) is 0 Å². The molecule has 5 nitrogen and oxygen atoms in total. The Kier molecular flexibility index (Phi) is 4.30. The van der Waals surface area contributed by atoms with Gasteiger partial charge in [0.1, 0.15) is 17.1 Å². The lowest BCUT2D eigenvalue weighted by molar-refractivity contribution is 0.413. The molecular weight excluding hydrogens is 362 g/mol. The lowest BCUT2D eigenvalue weighted by Gasteiger charge is -2.21. The first-order valence-corrected chi connectivity index (χ1v) is 10.0. The van der Waals surface area contributed by atoms with Crippen LogP contribution in [0.15, 0.2) is 53.1 Å². The zero-order valence-corrected chi connectivity index (χ0v) is 16.8. The molecule has 0 radical (unpaired) electrons. The second-order valence-corrected chi connectivity index (χ2v) is 7.91. The number of benzene rings is 2. The highest BCUT2D eigenvalue weighted by Gasteiger charge is 2.45. The molecule has 2 aromatic heterocycles. The summed E-state index contributed by atoms with van der Waals surface area (Å²) in [5.41, 5.74) is 11.3. The monoisotopic (exact) mass is 387 g/mol. The number of furan rings is 1. The van der Waals surface area contributed by atoms with Crippen LogP contribution in [0.4, 0.5) is 0 Å².